The number of amides is 4. The second-order valence-corrected chi connectivity index (χ2v) is 13.8. The molecule has 0 radical (unpaired) electrons. The molecule has 2 atom stereocenters. The van der Waals surface area contributed by atoms with Crippen LogP contribution in [0.15, 0.2) is 39.0 Å². The predicted molar refractivity (Wildman–Crippen MR) is 199 cm³/mol. The van der Waals surface area contributed by atoms with Crippen LogP contribution in [-0.4, -0.2) is 66.6 Å². The first-order valence-electron chi connectivity index (χ1n) is 18.8. The Morgan fingerprint density at radius 1 is 0.552 bits per heavy atom. The average Bonchev–Trinajstić information content (AvgIpc) is 4.03. The van der Waals surface area contributed by atoms with E-state index in [1.54, 1.807) is 27.7 Å². The standard InChI is InChI=1S/C38H42N10O10/c1-17-27-35-43-25(15-53-35)31(51)41-24(12-8-10-14-40-22(6)50)34-46-30(20(4)56-34)38-48-28(18(2)58-38)36-44-26(16-54-36)32(52)42-23(11-7-9-13-39-21(5)49)33-45-29(19(3)55-33)37(47-27)57-17/h15-16,23-24H,7-14H2,1-6H3,(H,39,49)(H,40,50)(H,41,51)(H,42,52). The van der Waals surface area contributed by atoms with Crippen LogP contribution in [0, 0.1) is 27.7 Å². The number of nitrogens with one attached hydrogen (secondary N) is 4. The molecule has 2 unspecified atom stereocenters. The topological polar surface area (TPSA) is 273 Å². The fraction of sp³-hybridized carbons (Fsp3) is 0.421. The summed E-state index contributed by atoms with van der Waals surface area (Å²) in [6, 6.07) is -1.45. The Morgan fingerprint density at radius 2 is 0.931 bits per heavy atom. The normalized spacial score (nSPS) is 15.4. The molecule has 7 heterocycles. The minimum atomic E-state index is -0.725. The molecule has 58 heavy (non-hydrogen) atoms. The maximum atomic E-state index is 13.7. The molecule has 0 fully saturated rings. The van der Waals surface area contributed by atoms with E-state index in [4.69, 9.17) is 26.5 Å². The number of rotatable bonds is 10. The Kier molecular flexibility index (Phi) is 11.3. The van der Waals surface area contributed by atoms with Gasteiger partial charge in [0.15, 0.2) is 34.2 Å². The number of aromatic nitrogens is 6. The Labute approximate surface area is 330 Å². The van der Waals surface area contributed by atoms with E-state index in [1.165, 1.54) is 26.4 Å². The lowest BCUT2D eigenvalue weighted by molar-refractivity contribution is -0.119. The zero-order valence-electron chi connectivity index (χ0n) is 32.7. The number of nitrogens with zero attached hydrogens (tertiary/aromatic N) is 6. The molecule has 1 aliphatic heterocycles. The van der Waals surface area contributed by atoms with E-state index in [9.17, 15) is 19.2 Å². The van der Waals surface area contributed by atoms with Crippen LogP contribution < -0.4 is 21.3 Å². The van der Waals surface area contributed by atoms with Crippen molar-refractivity contribution < 1.29 is 45.7 Å². The van der Waals surface area contributed by atoms with Crippen LogP contribution in [0.5, 0.6) is 0 Å². The van der Waals surface area contributed by atoms with Crippen molar-refractivity contribution in [3.05, 3.63) is 58.7 Å². The largest absolute Gasteiger partial charge is 0.443 e. The van der Waals surface area contributed by atoms with Gasteiger partial charge in [-0.3, -0.25) is 19.2 Å². The number of carbonyl (C=O) groups is 4. The number of oxazole rings is 6. The number of hydrogen-bond donors (Lipinski definition) is 4. The van der Waals surface area contributed by atoms with Crippen molar-refractivity contribution in [3.8, 4) is 46.3 Å². The van der Waals surface area contributed by atoms with E-state index in [0.29, 0.717) is 74.7 Å². The van der Waals surface area contributed by atoms with Crippen molar-refractivity contribution in [2.24, 2.45) is 0 Å². The van der Waals surface area contributed by atoms with Gasteiger partial charge in [0, 0.05) is 26.9 Å². The van der Waals surface area contributed by atoms with Crippen LogP contribution in [0.3, 0.4) is 0 Å². The van der Waals surface area contributed by atoms with Gasteiger partial charge in [0.25, 0.3) is 11.8 Å². The summed E-state index contributed by atoms with van der Waals surface area (Å²) in [5.74, 6) is 0.655. The summed E-state index contributed by atoms with van der Waals surface area (Å²) in [6.45, 7) is 10.5. The number of fused-ring (bicyclic) bond motifs is 16. The van der Waals surface area contributed by atoms with Crippen molar-refractivity contribution in [1.82, 2.24) is 51.2 Å². The fourth-order valence-electron chi connectivity index (χ4n) is 6.35. The SMILES string of the molecule is CC(=O)NCCCCC1NC(=O)c2coc(n2)-c2nc(oc2C)-c2nc(oc2C)C(CCCCNC(C)=O)NC(=O)c2coc(n2)-c2nc(oc2C)-c2nc1oc2C. The first kappa shape index (κ1) is 39.4. The molecule has 6 aromatic heterocycles. The van der Waals surface area contributed by atoms with E-state index in [1.807, 2.05) is 0 Å². The maximum absolute atomic E-state index is 13.7. The number of aryl methyl sites for hydroxylation is 4. The molecule has 0 spiro atoms. The van der Waals surface area contributed by atoms with E-state index in [-0.39, 0.29) is 81.3 Å². The molecule has 0 aromatic carbocycles. The van der Waals surface area contributed by atoms with Crippen LogP contribution in [0.2, 0.25) is 0 Å². The van der Waals surface area contributed by atoms with E-state index < -0.39 is 23.9 Å². The molecule has 1 aliphatic rings. The van der Waals surface area contributed by atoms with Crippen molar-refractivity contribution in [2.75, 3.05) is 13.1 Å². The summed E-state index contributed by atoms with van der Waals surface area (Å²) >= 11 is 0. The summed E-state index contributed by atoms with van der Waals surface area (Å²) in [5.41, 5.74) is 0.971. The zero-order chi connectivity index (χ0) is 41.1. The quantitative estimate of drug-likeness (QED) is 0.127. The highest BCUT2D eigenvalue weighted by Crippen LogP contribution is 2.34. The third-order valence-electron chi connectivity index (χ3n) is 9.30. The molecule has 0 aliphatic carbocycles. The Balaban J connectivity index is 1.26. The lowest BCUT2D eigenvalue weighted by atomic mass is 10.1. The first-order chi connectivity index (χ1) is 27.8. The van der Waals surface area contributed by atoms with Gasteiger partial charge in [0.1, 0.15) is 47.7 Å². The first-order valence-corrected chi connectivity index (χ1v) is 18.8. The van der Waals surface area contributed by atoms with Crippen LogP contribution in [-0.2, 0) is 9.59 Å². The Bertz CT molecular complexity index is 2300. The molecule has 6 aromatic rings. The van der Waals surface area contributed by atoms with Crippen molar-refractivity contribution >= 4 is 23.6 Å². The monoisotopic (exact) mass is 798 g/mol. The maximum Gasteiger partial charge on any atom is 0.273 e. The molecule has 7 rings (SSSR count). The highest BCUT2D eigenvalue weighted by atomic mass is 16.4. The molecule has 0 saturated carbocycles. The van der Waals surface area contributed by atoms with Gasteiger partial charge < -0.3 is 47.8 Å². The smallest absolute Gasteiger partial charge is 0.273 e. The van der Waals surface area contributed by atoms with Crippen molar-refractivity contribution in [2.45, 2.75) is 92.2 Å². The van der Waals surface area contributed by atoms with E-state index >= 15 is 0 Å². The minimum Gasteiger partial charge on any atom is -0.443 e. The molecular weight excluding hydrogens is 756 g/mol. The van der Waals surface area contributed by atoms with Gasteiger partial charge in [-0.1, -0.05) is 0 Å². The fourth-order valence-corrected chi connectivity index (χ4v) is 6.35. The van der Waals surface area contributed by atoms with Gasteiger partial charge >= 0.3 is 0 Å². The van der Waals surface area contributed by atoms with Crippen molar-refractivity contribution in [1.29, 1.82) is 0 Å². The van der Waals surface area contributed by atoms with Crippen LogP contribution >= 0.6 is 0 Å². The number of carbonyl (C=O) groups excluding carboxylic acids is 4. The van der Waals surface area contributed by atoms with E-state index in [2.05, 4.69) is 51.2 Å². The van der Waals surface area contributed by atoms with Gasteiger partial charge in [-0.15, -0.1) is 0 Å². The summed E-state index contributed by atoms with van der Waals surface area (Å²) in [4.78, 5) is 77.6. The molecule has 304 valence electrons. The van der Waals surface area contributed by atoms with Gasteiger partial charge in [0.2, 0.25) is 47.2 Å². The summed E-state index contributed by atoms with van der Waals surface area (Å²) < 4.78 is 35.6. The van der Waals surface area contributed by atoms with Crippen LogP contribution in [0.4, 0.5) is 0 Å². The average molecular weight is 799 g/mol. The number of hydrogen-bond acceptors (Lipinski definition) is 16. The Hall–Kier alpha value is -6.86. The lowest BCUT2D eigenvalue weighted by Crippen LogP contribution is -2.29. The molecule has 4 N–H and O–H groups in total. The minimum absolute atomic E-state index is 0.0287. The van der Waals surface area contributed by atoms with Crippen LogP contribution in [0.1, 0.15) is 120 Å². The molecule has 0 saturated heterocycles. The highest BCUT2D eigenvalue weighted by molar-refractivity contribution is 5.93. The molecule has 4 amide bonds. The molecule has 12 bridgehead atoms. The summed E-state index contributed by atoms with van der Waals surface area (Å²) in [5, 5.41) is 11.4. The van der Waals surface area contributed by atoms with Gasteiger partial charge in [-0.25, -0.2) is 29.9 Å². The van der Waals surface area contributed by atoms with Crippen LogP contribution in [0.25, 0.3) is 46.3 Å². The van der Waals surface area contributed by atoms with Gasteiger partial charge in [0.05, 0.1) is 0 Å². The van der Waals surface area contributed by atoms with Gasteiger partial charge in [-0.2, -0.15) is 0 Å². The highest BCUT2D eigenvalue weighted by Gasteiger charge is 2.31. The third-order valence-corrected chi connectivity index (χ3v) is 9.30. The lowest BCUT2D eigenvalue weighted by Gasteiger charge is -2.15. The van der Waals surface area contributed by atoms with Crippen molar-refractivity contribution in [3.63, 3.8) is 0 Å². The molecular formula is C38H42N10O10. The molecule has 20 nitrogen and oxygen atoms in total. The molecule has 20 heteroatoms. The second kappa shape index (κ2) is 16.7. The zero-order valence-corrected chi connectivity index (χ0v) is 32.7. The third kappa shape index (κ3) is 8.59. The Morgan fingerprint density at radius 3 is 1.33 bits per heavy atom. The number of unbranched alkanes of at least 4 members (excludes halogenated alkanes) is 2. The summed E-state index contributed by atoms with van der Waals surface area (Å²) in [7, 11) is 0. The van der Waals surface area contributed by atoms with Gasteiger partial charge in [-0.05, 0) is 66.2 Å². The second-order valence-electron chi connectivity index (χ2n) is 13.8. The van der Waals surface area contributed by atoms with E-state index in [0.717, 1.165) is 0 Å². The summed E-state index contributed by atoms with van der Waals surface area (Å²) in [6.07, 6.45) is 5.67. The predicted octanol–water partition coefficient (Wildman–Crippen LogP) is 5.38.